The summed E-state index contributed by atoms with van der Waals surface area (Å²) in [6.45, 7) is 0. The zero-order chi connectivity index (χ0) is 21.6. The van der Waals surface area contributed by atoms with Crippen LogP contribution < -0.4 is 5.32 Å². The minimum atomic E-state index is -3.93. The number of allylic oxidation sites excluding steroid dienone is 1. The number of halogens is 1. The van der Waals surface area contributed by atoms with E-state index in [-0.39, 0.29) is 10.0 Å². The van der Waals surface area contributed by atoms with E-state index in [4.69, 9.17) is 23.8 Å². The Balaban J connectivity index is 1.72. The number of benzene rings is 3. The first kappa shape index (κ1) is 20.5. The molecule has 0 fully saturated rings. The van der Waals surface area contributed by atoms with E-state index in [2.05, 4.69) is 5.32 Å². The Bertz CT molecular complexity index is 1310. The highest BCUT2D eigenvalue weighted by molar-refractivity contribution is 7.91. The summed E-state index contributed by atoms with van der Waals surface area (Å²) in [5.41, 5.74) is 3.01. The van der Waals surface area contributed by atoms with Crippen LogP contribution in [0.2, 0.25) is 5.02 Å². The summed E-state index contributed by atoms with van der Waals surface area (Å²) in [7, 11) is -3.93. The number of thiocarbonyl (C=S) groups is 1. The van der Waals surface area contributed by atoms with Gasteiger partial charge in [-0.05, 0) is 72.6 Å². The molecule has 1 heterocycles. The maximum absolute atomic E-state index is 14.1. The predicted octanol–water partition coefficient (Wildman–Crippen LogP) is 5.94. The highest BCUT2D eigenvalue weighted by atomic mass is 35.5. The van der Waals surface area contributed by atoms with Crippen LogP contribution in [0, 0.1) is 0 Å². The van der Waals surface area contributed by atoms with Gasteiger partial charge in [-0.3, -0.25) is 0 Å². The smallest absolute Gasteiger partial charge is 0.267 e. The first-order valence-corrected chi connectivity index (χ1v) is 12.5. The van der Waals surface area contributed by atoms with Crippen molar-refractivity contribution < 1.29 is 8.42 Å². The average molecular weight is 469 g/mol. The highest BCUT2D eigenvalue weighted by Gasteiger charge is 2.42. The number of sulfonamides is 1. The van der Waals surface area contributed by atoms with Gasteiger partial charge in [0.2, 0.25) is 0 Å². The summed E-state index contributed by atoms with van der Waals surface area (Å²) in [5, 5.41) is 5.63. The molecule has 31 heavy (non-hydrogen) atoms. The summed E-state index contributed by atoms with van der Waals surface area (Å²) in [4.78, 5) is 0.258. The lowest BCUT2D eigenvalue weighted by atomic mass is 9.86. The molecule has 1 unspecified atom stereocenters. The topological polar surface area (TPSA) is 49.4 Å². The van der Waals surface area contributed by atoms with E-state index in [0.29, 0.717) is 10.4 Å². The van der Waals surface area contributed by atoms with Crippen LogP contribution in [0.3, 0.4) is 0 Å². The highest BCUT2D eigenvalue weighted by Crippen LogP contribution is 2.43. The standard InChI is InChI=1S/C24H21ClN2O2S2/c25-18-14-12-17(13-15-18)23-20-9-3-4-10-21(20)26-24(30)27(23)31(28,29)22-11-5-7-16-6-1-2-8-19(16)22/h1-2,5-8,11-15,23H,3-4,9-10H2,(H,26,30). The van der Waals surface area contributed by atoms with E-state index in [1.807, 2.05) is 42.5 Å². The zero-order valence-electron chi connectivity index (χ0n) is 16.7. The van der Waals surface area contributed by atoms with Gasteiger partial charge in [0, 0.05) is 16.1 Å². The Morgan fingerprint density at radius 3 is 2.45 bits per heavy atom. The molecule has 7 heteroatoms. The molecule has 2 aliphatic rings. The van der Waals surface area contributed by atoms with Crippen molar-refractivity contribution in [1.82, 2.24) is 9.62 Å². The minimum absolute atomic E-state index is 0.216. The molecule has 0 spiro atoms. The molecule has 1 N–H and O–H groups in total. The van der Waals surface area contributed by atoms with E-state index in [1.165, 1.54) is 4.31 Å². The van der Waals surface area contributed by atoms with Gasteiger partial charge < -0.3 is 5.32 Å². The van der Waals surface area contributed by atoms with Crippen LogP contribution in [0.15, 0.2) is 82.9 Å². The number of rotatable bonds is 3. The lowest BCUT2D eigenvalue weighted by Gasteiger charge is -2.42. The summed E-state index contributed by atoms with van der Waals surface area (Å²) in [6, 6.07) is 19.8. The lowest BCUT2D eigenvalue weighted by molar-refractivity contribution is 0.428. The molecule has 0 saturated heterocycles. The molecule has 0 radical (unpaired) electrons. The Morgan fingerprint density at radius 1 is 0.935 bits per heavy atom. The first-order valence-electron chi connectivity index (χ1n) is 10.3. The maximum atomic E-state index is 14.1. The van der Waals surface area contributed by atoms with E-state index >= 15 is 0 Å². The zero-order valence-corrected chi connectivity index (χ0v) is 19.1. The van der Waals surface area contributed by atoms with Gasteiger partial charge in [0.15, 0.2) is 5.11 Å². The number of fused-ring (bicyclic) bond motifs is 1. The molecule has 5 rings (SSSR count). The second kappa shape index (κ2) is 7.93. The van der Waals surface area contributed by atoms with Gasteiger partial charge in [-0.15, -0.1) is 0 Å². The summed E-state index contributed by atoms with van der Waals surface area (Å²) < 4.78 is 29.6. The fraction of sp³-hybridized carbons (Fsp3) is 0.208. The normalized spacial score (nSPS) is 19.3. The van der Waals surface area contributed by atoms with E-state index in [0.717, 1.165) is 47.9 Å². The monoisotopic (exact) mass is 468 g/mol. The van der Waals surface area contributed by atoms with Crippen LogP contribution in [0.4, 0.5) is 0 Å². The number of hydrogen-bond donors (Lipinski definition) is 1. The van der Waals surface area contributed by atoms with Gasteiger partial charge in [0.1, 0.15) is 0 Å². The van der Waals surface area contributed by atoms with Crippen molar-refractivity contribution in [2.24, 2.45) is 0 Å². The Hall–Kier alpha value is -2.41. The number of nitrogens with one attached hydrogen (secondary N) is 1. The predicted molar refractivity (Wildman–Crippen MR) is 128 cm³/mol. The van der Waals surface area contributed by atoms with Gasteiger partial charge >= 0.3 is 0 Å². The largest absolute Gasteiger partial charge is 0.335 e. The third-order valence-corrected chi connectivity index (χ3v) is 8.49. The molecule has 4 nitrogen and oxygen atoms in total. The molecule has 3 aromatic rings. The van der Waals surface area contributed by atoms with E-state index in [9.17, 15) is 8.42 Å². The van der Waals surface area contributed by atoms with Crippen molar-refractivity contribution in [2.45, 2.75) is 36.6 Å². The van der Waals surface area contributed by atoms with Crippen molar-refractivity contribution in [2.75, 3.05) is 0 Å². The van der Waals surface area contributed by atoms with Crippen LogP contribution in [-0.4, -0.2) is 17.8 Å². The third kappa shape index (κ3) is 3.53. The average Bonchev–Trinajstić information content (AvgIpc) is 2.78. The molecule has 0 saturated carbocycles. The maximum Gasteiger partial charge on any atom is 0.267 e. The van der Waals surface area contributed by atoms with Crippen molar-refractivity contribution >= 4 is 49.7 Å². The Morgan fingerprint density at radius 2 is 1.65 bits per heavy atom. The third-order valence-electron chi connectivity index (χ3n) is 6.01. The van der Waals surface area contributed by atoms with Gasteiger partial charge in [0.05, 0.1) is 10.9 Å². The van der Waals surface area contributed by atoms with Crippen molar-refractivity contribution in [1.29, 1.82) is 0 Å². The molecule has 1 aliphatic heterocycles. The number of nitrogens with zero attached hydrogens (tertiary/aromatic N) is 1. The van der Waals surface area contributed by atoms with Crippen molar-refractivity contribution in [3.05, 3.63) is 88.6 Å². The summed E-state index contributed by atoms with van der Waals surface area (Å²) in [5.74, 6) is 0. The number of hydrogen-bond acceptors (Lipinski definition) is 3. The molecular weight excluding hydrogens is 448 g/mol. The van der Waals surface area contributed by atoms with Gasteiger partial charge in [0.25, 0.3) is 10.0 Å². The quantitative estimate of drug-likeness (QED) is 0.483. The van der Waals surface area contributed by atoms with Crippen molar-refractivity contribution in [3.8, 4) is 0 Å². The first-order chi connectivity index (χ1) is 15.0. The molecule has 1 atom stereocenters. The molecule has 3 aromatic carbocycles. The van der Waals surface area contributed by atoms with E-state index < -0.39 is 16.1 Å². The minimum Gasteiger partial charge on any atom is -0.335 e. The van der Waals surface area contributed by atoms with Crippen LogP contribution in [0.1, 0.15) is 37.3 Å². The molecule has 158 valence electrons. The molecule has 0 amide bonds. The summed E-state index contributed by atoms with van der Waals surface area (Å²) in [6.07, 6.45) is 3.80. The van der Waals surface area contributed by atoms with Crippen LogP contribution in [0.5, 0.6) is 0 Å². The van der Waals surface area contributed by atoms with Crippen LogP contribution >= 0.6 is 23.8 Å². The fourth-order valence-corrected chi connectivity index (χ4v) is 6.94. The van der Waals surface area contributed by atoms with Gasteiger partial charge in [-0.2, -0.15) is 0 Å². The fourth-order valence-electron chi connectivity index (χ4n) is 4.57. The molecule has 0 bridgehead atoms. The second-order valence-electron chi connectivity index (χ2n) is 7.87. The van der Waals surface area contributed by atoms with Crippen molar-refractivity contribution in [3.63, 3.8) is 0 Å². The SMILES string of the molecule is O=S(=O)(c1cccc2ccccc12)N1C(=S)NC2=C(CCCC2)C1c1ccc(Cl)cc1. The second-order valence-corrected chi connectivity index (χ2v) is 10.5. The van der Waals surface area contributed by atoms with Crippen LogP contribution in [0.25, 0.3) is 10.8 Å². The van der Waals surface area contributed by atoms with E-state index in [1.54, 1.807) is 24.3 Å². The Kier molecular flexibility index (Phi) is 5.24. The molecule has 0 aromatic heterocycles. The summed E-state index contributed by atoms with van der Waals surface area (Å²) >= 11 is 11.8. The van der Waals surface area contributed by atoms with Gasteiger partial charge in [-0.25, -0.2) is 12.7 Å². The van der Waals surface area contributed by atoms with Crippen LogP contribution in [-0.2, 0) is 10.0 Å². The Labute approximate surface area is 192 Å². The lowest BCUT2D eigenvalue weighted by Crippen LogP contribution is -2.50. The molecular formula is C24H21ClN2O2S2. The molecule has 1 aliphatic carbocycles. The van der Waals surface area contributed by atoms with Gasteiger partial charge in [-0.1, -0.05) is 60.1 Å².